The third-order valence-electron chi connectivity index (χ3n) is 5.11. The summed E-state index contributed by atoms with van der Waals surface area (Å²) in [6, 6.07) is 8.04. The summed E-state index contributed by atoms with van der Waals surface area (Å²) < 4.78 is 52.1. The molecule has 0 spiro atoms. The van der Waals surface area contributed by atoms with Crippen LogP contribution >= 0.6 is 11.3 Å². The number of aromatic nitrogens is 3. The van der Waals surface area contributed by atoms with E-state index in [1.54, 1.807) is 4.57 Å². The number of primary amides is 1. The fraction of sp³-hybridized carbons (Fsp3) is 0.217. The molecule has 0 saturated heterocycles. The molecule has 0 atom stereocenters. The number of fused-ring (bicyclic) bond motifs is 1. The molecule has 1 aromatic carbocycles. The number of carbonyl (C=O) groups excluding carboxylic acids is 2. The zero-order chi connectivity index (χ0) is 25.9. The molecular formula is C23H20F3N5O4S. The molecule has 0 aliphatic rings. The topological polar surface area (TPSA) is 121 Å². The van der Waals surface area contributed by atoms with Crippen LogP contribution in [0.2, 0.25) is 0 Å². The van der Waals surface area contributed by atoms with E-state index in [2.05, 4.69) is 15.3 Å². The Bertz CT molecular complexity index is 1420. The maximum absolute atomic E-state index is 13.3. The number of rotatable bonds is 9. The Kier molecular flexibility index (Phi) is 7.22. The highest BCUT2D eigenvalue weighted by molar-refractivity contribution is 7.16. The molecule has 4 aromatic rings. The van der Waals surface area contributed by atoms with Gasteiger partial charge in [0.15, 0.2) is 0 Å². The van der Waals surface area contributed by atoms with Crippen molar-refractivity contribution in [3.63, 3.8) is 0 Å². The van der Waals surface area contributed by atoms with E-state index in [0.29, 0.717) is 29.2 Å². The molecule has 9 nitrogen and oxygen atoms in total. The van der Waals surface area contributed by atoms with Gasteiger partial charge in [-0.2, -0.15) is 13.2 Å². The van der Waals surface area contributed by atoms with Gasteiger partial charge in [-0.15, -0.1) is 11.3 Å². The molecule has 3 heterocycles. The van der Waals surface area contributed by atoms with Crippen LogP contribution in [0.25, 0.3) is 16.0 Å². The summed E-state index contributed by atoms with van der Waals surface area (Å²) in [5.74, 6) is -1.17. The van der Waals surface area contributed by atoms with Gasteiger partial charge in [0.2, 0.25) is 0 Å². The average Bonchev–Trinajstić information content (AvgIpc) is 3.46. The molecule has 0 bridgehead atoms. The van der Waals surface area contributed by atoms with Gasteiger partial charge in [-0.1, -0.05) is 18.2 Å². The van der Waals surface area contributed by atoms with Gasteiger partial charge in [0.05, 0.1) is 23.9 Å². The van der Waals surface area contributed by atoms with Crippen LogP contribution in [-0.2, 0) is 17.5 Å². The number of alkyl halides is 3. The van der Waals surface area contributed by atoms with Crippen LogP contribution in [0, 0.1) is 0 Å². The second-order valence-electron chi connectivity index (χ2n) is 7.51. The number of nitrogens with two attached hydrogens (primary N) is 1. The van der Waals surface area contributed by atoms with E-state index in [1.165, 1.54) is 50.0 Å². The number of thiophene rings is 1. The third kappa shape index (κ3) is 5.31. The first-order valence-electron chi connectivity index (χ1n) is 10.5. The largest absolute Gasteiger partial charge is 0.487 e. The number of pyridine rings is 1. The van der Waals surface area contributed by atoms with Gasteiger partial charge in [-0.3, -0.25) is 14.2 Å². The van der Waals surface area contributed by atoms with E-state index in [1.807, 2.05) is 0 Å². The second-order valence-corrected chi connectivity index (χ2v) is 8.54. The Morgan fingerprint density at radius 2 is 1.97 bits per heavy atom. The van der Waals surface area contributed by atoms with Crippen LogP contribution in [0.1, 0.15) is 31.3 Å². The van der Waals surface area contributed by atoms with Crippen LogP contribution in [-0.4, -0.2) is 46.6 Å². The third-order valence-corrected chi connectivity index (χ3v) is 6.24. The number of imidazole rings is 1. The van der Waals surface area contributed by atoms with Crippen LogP contribution in [0.4, 0.5) is 13.2 Å². The van der Waals surface area contributed by atoms with Gasteiger partial charge in [-0.25, -0.2) is 9.97 Å². The van der Waals surface area contributed by atoms with E-state index in [4.69, 9.17) is 15.2 Å². The minimum Gasteiger partial charge on any atom is -0.487 e. The molecule has 188 valence electrons. The van der Waals surface area contributed by atoms with E-state index in [9.17, 15) is 22.8 Å². The summed E-state index contributed by atoms with van der Waals surface area (Å²) >= 11 is 0.980. The average molecular weight is 520 g/mol. The lowest BCUT2D eigenvalue weighted by Gasteiger charge is -2.13. The van der Waals surface area contributed by atoms with Gasteiger partial charge >= 0.3 is 6.18 Å². The lowest BCUT2D eigenvalue weighted by Crippen LogP contribution is -2.27. The molecule has 0 aliphatic heterocycles. The molecule has 0 radical (unpaired) electrons. The zero-order valence-electron chi connectivity index (χ0n) is 18.8. The Morgan fingerprint density at radius 1 is 1.19 bits per heavy atom. The summed E-state index contributed by atoms with van der Waals surface area (Å²) in [7, 11) is 1.52. The van der Waals surface area contributed by atoms with Crippen molar-refractivity contribution in [2.24, 2.45) is 5.73 Å². The predicted molar refractivity (Wildman–Crippen MR) is 125 cm³/mol. The maximum Gasteiger partial charge on any atom is 0.416 e. The van der Waals surface area contributed by atoms with Gasteiger partial charge < -0.3 is 20.5 Å². The number of amides is 2. The van der Waals surface area contributed by atoms with Crippen molar-refractivity contribution in [1.82, 2.24) is 19.9 Å². The molecule has 13 heteroatoms. The van der Waals surface area contributed by atoms with Crippen molar-refractivity contribution in [3.05, 3.63) is 70.6 Å². The summed E-state index contributed by atoms with van der Waals surface area (Å²) in [5, 5.41) is 3.14. The first-order chi connectivity index (χ1) is 17.2. The Labute approximate surface area is 206 Å². The van der Waals surface area contributed by atoms with Crippen molar-refractivity contribution < 1.29 is 32.2 Å². The SMILES string of the molecule is COCCNC(=O)c1cc2c(cn1)ncn2-c1cc(OCc2ccccc2C(F)(F)F)c(C(N)=O)s1. The minimum atomic E-state index is -4.55. The number of hydrogen-bond donors (Lipinski definition) is 2. The summed E-state index contributed by atoms with van der Waals surface area (Å²) in [6.07, 6.45) is -1.65. The molecule has 3 N–H and O–H groups in total. The highest BCUT2D eigenvalue weighted by Gasteiger charge is 2.33. The molecule has 36 heavy (non-hydrogen) atoms. The summed E-state index contributed by atoms with van der Waals surface area (Å²) in [4.78, 5) is 32.8. The van der Waals surface area contributed by atoms with Crippen LogP contribution in [0.5, 0.6) is 5.75 Å². The van der Waals surface area contributed by atoms with E-state index >= 15 is 0 Å². The first kappa shape index (κ1) is 25.1. The molecule has 0 aliphatic carbocycles. The smallest absolute Gasteiger partial charge is 0.416 e. The Hall–Kier alpha value is -3.97. The standard InChI is InChI=1S/C23H20F3N5O4S/c1-34-7-6-28-22(33)15-8-17-16(10-29-15)30-12-31(17)19-9-18(20(36-19)21(27)32)35-11-13-4-2-3-5-14(13)23(24,25)26/h2-5,8-10,12H,6-7,11H2,1H3,(H2,27,32)(H,28,33). The number of nitrogens with zero attached hydrogens (tertiary/aromatic N) is 3. The van der Waals surface area contributed by atoms with Crippen molar-refractivity contribution in [1.29, 1.82) is 0 Å². The van der Waals surface area contributed by atoms with Gasteiger partial charge in [-0.05, 0) is 12.1 Å². The van der Waals surface area contributed by atoms with Crippen LogP contribution in [0.3, 0.4) is 0 Å². The van der Waals surface area contributed by atoms with Crippen molar-refractivity contribution in [2.75, 3.05) is 20.3 Å². The fourth-order valence-electron chi connectivity index (χ4n) is 3.41. The molecule has 2 amide bonds. The molecule has 0 saturated carbocycles. The van der Waals surface area contributed by atoms with E-state index in [0.717, 1.165) is 17.4 Å². The van der Waals surface area contributed by atoms with E-state index < -0.39 is 30.2 Å². The molecule has 0 fully saturated rings. The number of halogens is 3. The number of ether oxygens (including phenoxy) is 2. The van der Waals surface area contributed by atoms with Gasteiger partial charge in [0.25, 0.3) is 11.8 Å². The number of carbonyl (C=O) groups is 2. The molecule has 3 aromatic heterocycles. The normalized spacial score (nSPS) is 11.6. The number of benzene rings is 1. The van der Waals surface area contributed by atoms with Crippen LogP contribution < -0.4 is 15.8 Å². The monoisotopic (exact) mass is 519 g/mol. The zero-order valence-corrected chi connectivity index (χ0v) is 19.7. The molecule has 0 unspecified atom stereocenters. The number of hydrogen-bond acceptors (Lipinski definition) is 7. The summed E-state index contributed by atoms with van der Waals surface area (Å²) in [5.41, 5.74) is 5.73. The number of methoxy groups -OCH3 is 1. The maximum atomic E-state index is 13.3. The molecule has 4 rings (SSSR count). The quantitative estimate of drug-likeness (QED) is 0.326. The number of nitrogens with one attached hydrogen (secondary N) is 1. The lowest BCUT2D eigenvalue weighted by molar-refractivity contribution is -0.138. The molecular weight excluding hydrogens is 499 g/mol. The van der Waals surface area contributed by atoms with Crippen molar-refractivity contribution >= 4 is 34.2 Å². The highest BCUT2D eigenvalue weighted by atomic mass is 32.1. The minimum absolute atomic E-state index is 0.0305. The predicted octanol–water partition coefficient (Wildman–Crippen LogP) is 3.55. The first-order valence-corrected chi connectivity index (χ1v) is 11.3. The fourth-order valence-corrected chi connectivity index (χ4v) is 4.34. The Balaban J connectivity index is 1.64. The second kappa shape index (κ2) is 10.3. The summed E-state index contributed by atoms with van der Waals surface area (Å²) in [6.45, 7) is 0.221. The van der Waals surface area contributed by atoms with Gasteiger partial charge in [0.1, 0.15) is 39.8 Å². The Morgan fingerprint density at radius 3 is 2.69 bits per heavy atom. The van der Waals surface area contributed by atoms with Crippen LogP contribution in [0.15, 0.2) is 48.9 Å². The highest BCUT2D eigenvalue weighted by Crippen LogP contribution is 2.36. The van der Waals surface area contributed by atoms with Crippen molar-refractivity contribution in [2.45, 2.75) is 12.8 Å². The van der Waals surface area contributed by atoms with E-state index in [-0.39, 0.29) is 21.9 Å². The van der Waals surface area contributed by atoms with Crippen molar-refractivity contribution in [3.8, 4) is 10.8 Å². The van der Waals surface area contributed by atoms with Gasteiger partial charge in [0, 0.05) is 25.3 Å². The lowest BCUT2D eigenvalue weighted by atomic mass is 10.1.